The highest BCUT2D eigenvalue weighted by Crippen LogP contribution is 2.29. The Balaban J connectivity index is 1.43. The highest BCUT2D eigenvalue weighted by molar-refractivity contribution is 7.09. The number of nitrogens with one attached hydrogen (secondary N) is 1. The van der Waals surface area contributed by atoms with E-state index in [-0.39, 0.29) is 5.91 Å². The summed E-state index contributed by atoms with van der Waals surface area (Å²) in [5, 5.41) is 5.72. The summed E-state index contributed by atoms with van der Waals surface area (Å²) in [4.78, 5) is 22.0. The van der Waals surface area contributed by atoms with Crippen molar-refractivity contribution in [3.8, 4) is 23.0 Å². The molecule has 0 spiro atoms. The van der Waals surface area contributed by atoms with E-state index in [0.29, 0.717) is 36.8 Å². The fraction of sp³-hybridized carbons (Fsp3) is 0.467. The molecule has 0 aliphatic carbocycles. The molecule has 10 nitrogen and oxygen atoms in total. The summed E-state index contributed by atoms with van der Waals surface area (Å²) in [6.45, 7) is 6.66. The lowest BCUT2D eigenvalue weighted by atomic mass is 10.1. The molecule has 2 heterocycles. The first-order valence-electron chi connectivity index (χ1n) is 13.7. The lowest BCUT2D eigenvalue weighted by Gasteiger charge is -2.26. The van der Waals surface area contributed by atoms with E-state index in [1.54, 1.807) is 28.4 Å². The summed E-state index contributed by atoms with van der Waals surface area (Å²) in [5.41, 5.74) is 2.63. The molecule has 11 heteroatoms. The molecule has 1 N–H and O–H groups in total. The Kier molecular flexibility index (Phi) is 11.6. The van der Waals surface area contributed by atoms with Gasteiger partial charge in [-0.25, -0.2) is 4.98 Å². The van der Waals surface area contributed by atoms with Crippen LogP contribution >= 0.6 is 11.3 Å². The van der Waals surface area contributed by atoms with Crippen LogP contribution in [0, 0.1) is 0 Å². The normalized spacial score (nSPS) is 13.7. The van der Waals surface area contributed by atoms with Crippen LogP contribution in [-0.4, -0.2) is 95.1 Å². The van der Waals surface area contributed by atoms with E-state index in [1.165, 1.54) is 11.3 Å². The Morgan fingerprint density at radius 1 is 0.976 bits per heavy atom. The van der Waals surface area contributed by atoms with Crippen molar-refractivity contribution in [1.29, 1.82) is 0 Å². The summed E-state index contributed by atoms with van der Waals surface area (Å²) in [6, 6.07) is 11.8. The number of thiazole rings is 1. The van der Waals surface area contributed by atoms with E-state index in [1.807, 2.05) is 35.7 Å². The summed E-state index contributed by atoms with van der Waals surface area (Å²) in [6.07, 6.45) is 0.791. The first kappa shape index (κ1) is 30.6. The third kappa shape index (κ3) is 8.80. The number of aromatic nitrogens is 1. The second-order valence-electron chi connectivity index (χ2n) is 9.66. The Morgan fingerprint density at radius 3 is 2.49 bits per heavy atom. The molecule has 222 valence electrons. The predicted molar refractivity (Wildman–Crippen MR) is 159 cm³/mol. The molecule has 1 aliphatic rings. The molecule has 0 saturated carbocycles. The number of morpholine rings is 1. The van der Waals surface area contributed by atoms with Gasteiger partial charge in [-0.3, -0.25) is 14.6 Å². The van der Waals surface area contributed by atoms with E-state index in [2.05, 4.69) is 26.2 Å². The van der Waals surface area contributed by atoms with Crippen molar-refractivity contribution in [3.63, 3.8) is 0 Å². The number of carbonyl (C=O) groups is 1. The molecular weight excluding hydrogens is 544 g/mol. The third-order valence-electron chi connectivity index (χ3n) is 7.01. The minimum Gasteiger partial charge on any atom is -0.497 e. The highest BCUT2D eigenvalue weighted by atomic mass is 32.1. The van der Waals surface area contributed by atoms with Crippen LogP contribution in [0.4, 0.5) is 0 Å². The maximum Gasteiger partial charge on any atom is 0.270 e. The van der Waals surface area contributed by atoms with Gasteiger partial charge in [-0.1, -0.05) is 12.1 Å². The Morgan fingerprint density at radius 2 is 1.76 bits per heavy atom. The van der Waals surface area contributed by atoms with Gasteiger partial charge in [0.05, 0.1) is 48.2 Å². The summed E-state index contributed by atoms with van der Waals surface area (Å²) in [5.74, 6) is 2.77. The number of amides is 1. The van der Waals surface area contributed by atoms with Crippen molar-refractivity contribution < 1.29 is 28.5 Å². The Bertz CT molecular complexity index is 1260. The molecule has 0 unspecified atom stereocenters. The molecule has 1 aliphatic heterocycles. The topological polar surface area (TPSA) is 94.6 Å². The quantitative estimate of drug-likeness (QED) is 0.288. The molecule has 1 saturated heterocycles. The van der Waals surface area contributed by atoms with Crippen LogP contribution in [0.25, 0.3) is 0 Å². The number of hydrogen-bond donors (Lipinski definition) is 1. The van der Waals surface area contributed by atoms with Gasteiger partial charge in [0.25, 0.3) is 5.91 Å². The maximum absolute atomic E-state index is 12.8. The second kappa shape index (κ2) is 15.6. The molecular formula is C30H40N4O6S. The summed E-state index contributed by atoms with van der Waals surface area (Å²) in [7, 11) is 6.58. The van der Waals surface area contributed by atoms with Crippen molar-refractivity contribution >= 4 is 17.2 Å². The van der Waals surface area contributed by atoms with Crippen molar-refractivity contribution in [2.75, 3.05) is 74.4 Å². The SMILES string of the molecule is COc1ccc(CN(CCc2ccc(OC)c(OC)c2)Cc2nc(C(=O)NCCN3CCOCC3)cs2)c(OC)c1. The van der Waals surface area contributed by atoms with E-state index in [4.69, 9.17) is 23.7 Å². The minimum atomic E-state index is -0.144. The van der Waals surface area contributed by atoms with Crippen molar-refractivity contribution in [3.05, 3.63) is 63.6 Å². The number of nitrogens with zero attached hydrogens (tertiary/aromatic N) is 3. The first-order valence-corrected chi connectivity index (χ1v) is 14.6. The van der Waals surface area contributed by atoms with Gasteiger partial charge >= 0.3 is 0 Å². The average Bonchev–Trinajstić information content (AvgIpc) is 3.49. The van der Waals surface area contributed by atoms with Crippen LogP contribution < -0.4 is 24.3 Å². The van der Waals surface area contributed by atoms with E-state index in [0.717, 1.165) is 73.4 Å². The van der Waals surface area contributed by atoms with Crippen molar-refractivity contribution in [2.45, 2.75) is 19.5 Å². The number of benzene rings is 2. The van der Waals surface area contributed by atoms with Gasteiger partial charge < -0.3 is 29.0 Å². The Hall–Kier alpha value is -3.38. The van der Waals surface area contributed by atoms with E-state index < -0.39 is 0 Å². The molecule has 1 fully saturated rings. The predicted octanol–water partition coefficient (Wildman–Crippen LogP) is 3.48. The smallest absolute Gasteiger partial charge is 0.270 e. The van der Waals surface area contributed by atoms with Crippen LogP contribution in [0.1, 0.15) is 26.6 Å². The third-order valence-corrected chi connectivity index (χ3v) is 7.85. The molecule has 0 bridgehead atoms. The summed E-state index contributed by atoms with van der Waals surface area (Å²) >= 11 is 1.50. The zero-order valence-electron chi connectivity index (χ0n) is 24.3. The zero-order valence-corrected chi connectivity index (χ0v) is 25.1. The lowest BCUT2D eigenvalue weighted by Crippen LogP contribution is -2.41. The lowest BCUT2D eigenvalue weighted by molar-refractivity contribution is 0.0383. The maximum atomic E-state index is 12.8. The fourth-order valence-electron chi connectivity index (χ4n) is 4.68. The molecule has 2 aromatic carbocycles. The first-order chi connectivity index (χ1) is 20.0. The number of hydrogen-bond acceptors (Lipinski definition) is 10. The molecule has 1 amide bonds. The van der Waals surface area contributed by atoms with Gasteiger partial charge in [-0.2, -0.15) is 0 Å². The molecule has 3 aromatic rings. The average molecular weight is 585 g/mol. The van der Waals surface area contributed by atoms with Crippen LogP contribution in [0.2, 0.25) is 0 Å². The monoisotopic (exact) mass is 584 g/mol. The van der Waals surface area contributed by atoms with Gasteiger partial charge in [-0.05, 0) is 30.2 Å². The van der Waals surface area contributed by atoms with Crippen LogP contribution in [-0.2, 0) is 24.2 Å². The van der Waals surface area contributed by atoms with Crippen LogP contribution in [0.5, 0.6) is 23.0 Å². The molecule has 41 heavy (non-hydrogen) atoms. The van der Waals surface area contributed by atoms with Gasteiger partial charge in [-0.15, -0.1) is 11.3 Å². The highest BCUT2D eigenvalue weighted by Gasteiger charge is 2.17. The van der Waals surface area contributed by atoms with Gasteiger partial charge in [0.15, 0.2) is 11.5 Å². The largest absolute Gasteiger partial charge is 0.497 e. The summed E-state index contributed by atoms with van der Waals surface area (Å²) < 4.78 is 27.3. The van der Waals surface area contributed by atoms with Crippen molar-refractivity contribution in [1.82, 2.24) is 20.1 Å². The van der Waals surface area contributed by atoms with Crippen molar-refractivity contribution in [2.24, 2.45) is 0 Å². The van der Waals surface area contributed by atoms with Gasteiger partial charge in [0.1, 0.15) is 22.2 Å². The number of rotatable bonds is 15. The van der Waals surface area contributed by atoms with Gasteiger partial charge in [0, 0.05) is 56.3 Å². The number of ether oxygens (including phenoxy) is 5. The van der Waals surface area contributed by atoms with Crippen LogP contribution in [0.3, 0.4) is 0 Å². The van der Waals surface area contributed by atoms with Gasteiger partial charge in [0.2, 0.25) is 0 Å². The molecule has 4 rings (SSSR count). The standard InChI is InChI=1S/C30H40N4O6S/c1-36-24-7-6-23(27(18-24)38-3)19-34(11-9-22-5-8-26(37-2)28(17-22)39-4)20-29-32-25(21-41-29)30(35)31-10-12-33-13-15-40-16-14-33/h5-8,17-18,21H,9-16,19-20H2,1-4H3,(H,31,35). The van der Waals surface area contributed by atoms with E-state index >= 15 is 0 Å². The fourth-order valence-corrected chi connectivity index (χ4v) is 5.50. The minimum absolute atomic E-state index is 0.144. The van der Waals surface area contributed by atoms with Crippen LogP contribution in [0.15, 0.2) is 41.8 Å². The number of carbonyl (C=O) groups excluding carboxylic acids is 1. The second-order valence-corrected chi connectivity index (χ2v) is 10.6. The number of methoxy groups -OCH3 is 4. The molecule has 0 atom stereocenters. The van der Waals surface area contributed by atoms with E-state index in [9.17, 15) is 4.79 Å². The molecule has 1 aromatic heterocycles. The zero-order chi connectivity index (χ0) is 29.0. The Labute approximate surface area is 246 Å². The molecule has 0 radical (unpaired) electrons.